The van der Waals surface area contributed by atoms with Gasteiger partial charge in [0.25, 0.3) is 0 Å². The molecule has 0 aromatic rings. The molecule has 1 aliphatic rings. The lowest BCUT2D eigenvalue weighted by Gasteiger charge is -2.30. The first-order valence-corrected chi connectivity index (χ1v) is 4.72. The van der Waals surface area contributed by atoms with Gasteiger partial charge in [0.1, 0.15) is 6.17 Å². The van der Waals surface area contributed by atoms with Crippen LogP contribution in [0.25, 0.3) is 0 Å². The Kier molecular flexibility index (Phi) is 3.17. The van der Waals surface area contributed by atoms with Gasteiger partial charge in [0.05, 0.1) is 5.57 Å². The Morgan fingerprint density at radius 2 is 2.21 bits per heavy atom. The third-order valence-electron chi connectivity index (χ3n) is 2.30. The molecule has 0 aromatic carbocycles. The summed E-state index contributed by atoms with van der Waals surface area (Å²) in [5.74, 6) is -0.438. The Morgan fingerprint density at radius 1 is 1.57 bits per heavy atom. The molecule has 1 atom stereocenters. The topological polar surface area (TPSA) is 49.6 Å². The lowest BCUT2D eigenvalue weighted by Crippen LogP contribution is -2.42. The Labute approximate surface area is 84.7 Å². The van der Waals surface area contributed by atoms with Crippen molar-refractivity contribution >= 4 is 5.91 Å². The molecule has 1 heterocycles. The summed E-state index contributed by atoms with van der Waals surface area (Å²) in [5, 5.41) is 0. The van der Waals surface area contributed by atoms with Crippen molar-refractivity contribution < 1.29 is 4.79 Å². The molecule has 1 amide bonds. The van der Waals surface area contributed by atoms with Crippen LogP contribution in [-0.2, 0) is 4.79 Å². The number of carbonyl (C=O) groups excluding carboxylic acids is 1. The molecule has 0 saturated carbocycles. The number of rotatable bonds is 4. The molecule has 0 fully saturated rings. The van der Waals surface area contributed by atoms with Crippen molar-refractivity contribution in [1.29, 1.82) is 0 Å². The minimum Gasteiger partial charge on any atom is -0.366 e. The zero-order chi connectivity index (χ0) is 10.7. The second kappa shape index (κ2) is 4.17. The zero-order valence-electron chi connectivity index (χ0n) is 8.73. The second-order valence-electron chi connectivity index (χ2n) is 3.46. The van der Waals surface area contributed by atoms with Gasteiger partial charge in [-0.2, -0.15) is 0 Å². The summed E-state index contributed by atoms with van der Waals surface area (Å²) in [4.78, 5) is 15.0. The fourth-order valence-corrected chi connectivity index (χ4v) is 1.62. The third-order valence-corrected chi connectivity index (χ3v) is 2.30. The van der Waals surface area contributed by atoms with E-state index in [4.69, 9.17) is 5.73 Å². The molecule has 14 heavy (non-hydrogen) atoms. The van der Waals surface area contributed by atoms with E-state index in [9.17, 15) is 4.79 Å². The van der Waals surface area contributed by atoms with Crippen LogP contribution >= 0.6 is 0 Å². The van der Waals surface area contributed by atoms with Crippen LogP contribution in [0.3, 0.4) is 0 Å². The Balaban J connectivity index is 2.74. The number of nitrogens with two attached hydrogens (primary N) is 1. The van der Waals surface area contributed by atoms with Gasteiger partial charge in [-0.25, -0.2) is 0 Å². The van der Waals surface area contributed by atoms with Gasteiger partial charge in [0.15, 0.2) is 0 Å². The molecule has 78 valence electrons. The van der Waals surface area contributed by atoms with Crippen molar-refractivity contribution in [2.45, 2.75) is 19.5 Å². The van der Waals surface area contributed by atoms with Crippen molar-refractivity contribution in [3.05, 3.63) is 24.6 Å². The van der Waals surface area contributed by atoms with Crippen LogP contribution in [0, 0.1) is 0 Å². The predicted octanol–water partition coefficient (Wildman–Crippen LogP) is 0.483. The van der Waals surface area contributed by atoms with Crippen molar-refractivity contribution in [2.75, 3.05) is 13.6 Å². The number of hydrogen-bond donors (Lipinski definition) is 1. The lowest BCUT2D eigenvalue weighted by atomic mass is 10.2. The first-order valence-electron chi connectivity index (χ1n) is 4.72. The standard InChI is InChI=1S/C10H17N3O/c1-4-5-13-7-6-12(3)10(13)8(2)9(11)14/h6-7,10H,2,4-5H2,1,3H3,(H2,11,14). The van der Waals surface area contributed by atoms with Gasteiger partial charge in [-0.15, -0.1) is 0 Å². The second-order valence-corrected chi connectivity index (χ2v) is 3.46. The van der Waals surface area contributed by atoms with E-state index in [1.54, 1.807) is 0 Å². The first kappa shape index (κ1) is 10.6. The minimum absolute atomic E-state index is 0.104. The van der Waals surface area contributed by atoms with E-state index >= 15 is 0 Å². The molecular weight excluding hydrogens is 178 g/mol. The molecule has 0 radical (unpaired) electrons. The average Bonchev–Trinajstić information content (AvgIpc) is 2.47. The maximum atomic E-state index is 11.0. The van der Waals surface area contributed by atoms with Crippen molar-refractivity contribution in [3.63, 3.8) is 0 Å². The molecule has 0 aliphatic carbocycles. The number of nitrogens with zero attached hydrogens (tertiary/aromatic N) is 2. The van der Waals surface area contributed by atoms with E-state index in [-0.39, 0.29) is 6.17 Å². The average molecular weight is 195 g/mol. The van der Waals surface area contributed by atoms with Crippen LogP contribution in [-0.4, -0.2) is 35.5 Å². The van der Waals surface area contributed by atoms with E-state index in [1.165, 1.54) is 0 Å². The van der Waals surface area contributed by atoms with Gasteiger partial charge in [-0.3, -0.25) is 4.79 Å². The van der Waals surface area contributed by atoms with Crippen LogP contribution in [0.5, 0.6) is 0 Å². The van der Waals surface area contributed by atoms with Gasteiger partial charge in [-0.05, 0) is 6.42 Å². The van der Waals surface area contributed by atoms with E-state index in [0.717, 1.165) is 13.0 Å². The molecule has 1 aliphatic heterocycles. The van der Waals surface area contributed by atoms with Crippen LogP contribution < -0.4 is 5.73 Å². The summed E-state index contributed by atoms with van der Waals surface area (Å²) in [6.07, 6.45) is 4.81. The van der Waals surface area contributed by atoms with E-state index in [1.807, 2.05) is 24.3 Å². The zero-order valence-corrected chi connectivity index (χ0v) is 8.73. The monoisotopic (exact) mass is 195 g/mol. The fourth-order valence-electron chi connectivity index (χ4n) is 1.62. The van der Waals surface area contributed by atoms with E-state index < -0.39 is 5.91 Å². The quantitative estimate of drug-likeness (QED) is 0.664. The van der Waals surface area contributed by atoms with Crippen LogP contribution in [0.15, 0.2) is 24.6 Å². The molecular formula is C10H17N3O. The molecule has 0 spiro atoms. The van der Waals surface area contributed by atoms with Crippen molar-refractivity contribution in [2.24, 2.45) is 5.73 Å². The highest BCUT2D eigenvalue weighted by atomic mass is 16.1. The van der Waals surface area contributed by atoms with Crippen molar-refractivity contribution in [1.82, 2.24) is 9.80 Å². The smallest absolute Gasteiger partial charge is 0.248 e. The molecule has 4 nitrogen and oxygen atoms in total. The Bertz CT molecular complexity index is 273. The number of primary amides is 1. The first-order chi connectivity index (χ1) is 6.57. The molecule has 2 N–H and O–H groups in total. The third kappa shape index (κ3) is 1.89. The van der Waals surface area contributed by atoms with Crippen LogP contribution in [0.2, 0.25) is 0 Å². The highest BCUT2D eigenvalue weighted by Gasteiger charge is 2.27. The van der Waals surface area contributed by atoms with Crippen LogP contribution in [0.4, 0.5) is 0 Å². The maximum absolute atomic E-state index is 11.0. The molecule has 0 aromatic heterocycles. The largest absolute Gasteiger partial charge is 0.366 e. The summed E-state index contributed by atoms with van der Waals surface area (Å²) < 4.78 is 0. The lowest BCUT2D eigenvalue weighted by molar-refractivity contribution is -0.115. The summed E-state index contributed by atoms with van der Waals surface area (Å²) in [5.41, 5.74) is 5.65. The molecule has 0 bridgehead atoms. The van der Waals surface area contributed by atoms with Gasteiger partial charge < -0.3 is 15.5 Å². The summed E-state index contributed by atoms with van der Waals surface area (Å²) >= 11 is 0. The molecule has 1 rings (SSSR count). The predicted molar refractivity (Wildman–Crippen MR) is 56.0 cm³/mol. The molecule has 4 heteroatoms. The molecule has 1 unspecified atom stereocenters. The highest BCUT2D eigenvalue weighted by molar-refractivity contribution is 5.92. The maximum Gasteiger partial charge on any atom is 0.248 e. The number of amides is 1. The Hall–Kier alpha value is -1.45. The van der Waals surface area contributed by atoms with Gasteiger partial charge in [0.2, 0.25) is 5.91 Å². The number of likely N-dealkylation sites (N-methyl/N-ethyl adjacent to an activating group) is 1. The van der Waals surface area contributed by atoms with Gasteiger partial charge in [-0.1, -0.05) is 13.5 Å². The van der Waals surface area contributed by atoms with Crippen molar-refractivity contribution in [3.8, 4) is 0 Å². The number of carbonyl (C=O) groups is 1. The highest BCUT2D eigenvalue weighted by Crippen LogP contribution is 2.19. The summed E-state index contributed by atoms with van der Waals surface area (Å²) in [7, 11) is 1.91. The number of hydrogen-bond acceptors (Lipinski definition) is 3. The summed E-state index contributed by atoms with van der Waals surface area (Å²) in [6.45, 7) is 6.72. The van der Waals surface area contributed by atoms with Crippen LogP contribution in [0.1, 0.15) is 13.3 Å². The van der Waals surface area contributed by atoms with E-state index in [2.05, 4.69) is 18.4 Å². The molecule has 0 saturated heterocycles. The Morgan fingerprint density at radius 3 is 2.71 bits per heavy atom. The van der Waals surface area contributed by atoms with Gasteiger partial charge >= 0.3 is 0 Å². The minimum atomic E-state index is -0.438. The van der Waals surface area contributed by atoms with E-state index in [0.29, 0.717) is 5.57 Å². The summed E-state index contributed by atoms with van der Waals surface area (Å²) in [6, 6.07) is 0. The normalized spacial score (nSPS) is 20.3. The van der Waals surface area contributed by atoms with Gasteiger partial charge in [0, 0.05) is 26.0 Å². The fraction of sp³-hybridized carbons (Fsp3) is 0.500. The SMILES string of the molecule is C=C(C(N)=O)C1N(C)C=CN1CCC.